The number of H-pyrrole nitrogens is 1. The molecule has 2 rings (SSSR count). The van der Waals surface area contributed by atoms with E-state index in [0.717, 1.165) is 16.7 Å². The summed E-state index contributed by atoms with van der Waals surface area (Å²) in [5, 5.41) is 16.7. The topological polar surface area (TPSA) is 83.6 Å². The molecule has 0 bridgehead atoms. The Morgan fingerprint density at radius 2 is 1.95 bits per heavy atom. The molecule has 0 fully saturated rings. The van der Waals surface area contributed by atoms with Gasteiger partial charge in [0.1, 0.15) is 0 Å². The number of nitrogens with one attached hydrogen (secondary N) is 2. The molecule has 0 aliphatic heterocycles. The number of carbonyl (C=O) groups is 1. The van der Waals surface area contributed by atoms with Gasteiger partial charge in [-0.1, -0.05) is 50.6 Å². The van der Waals surface area contributed by atoms with E-state index in [1.165, 1.54) is 0 Å². The molecule has 0 aliphatic carbocycles. The van der Waals surface area contributed by atoms with Gasteiger partial charge in [-0.05, 0) is 23.1 Å². The van der Waals surface area contributed by atoms with E-state index in [-0.39, 0.29) is 11.3 Å². The Morgan fingerprint density at radius 3 is 2.50 bits per heavy atom. The molecule has 0 aliphatic rings. The molecular formula is C16H21N5O. The van der Waals surface area contributed by atoms with Crippen molar-refractivity contribution in [1.82, 2.24) is 25.9 Å². The minimum Gasteiger partial charge on any atom is -0.348 e. The number of carbonyl (C=O) groups excluding carboxylic acids is 1. The van der Waals surface area contributed by atoms with Crippen molar-refractivity contribution in [3.8, 4) is 11.4 Å². The summed E-state index contributed by atoms with van der Waals surface area (Å²) in [5.41, 5.74) is 2.95. The van der Waals surface area contributed by atoms with Crippen LogP contribution >= 0.6 is 0 Å². The van der Waals surface area contributed by atoms with E-state index in [9.17, 15) is 4.79 Å². The van der Waals surface area contributed by atoms with Gasteiger partial charge < -0.3 is 5.32 Å². The Hall–Kier alpha value is -2.50. The molecule has 0 atom stereocenters. The molecule has 116 valence electrons. The molecule has 1 aromatic heterocycles. The minimum absolute atomic E-state index is 0.00355. The molecule has 0 radical (unpaired) electrons. The third-order valence-electron chi connectivity index (χ3n) is 3.55. The van der Waals surface area contributed by atoms with Crippen molar-refractivity contribution in [1.29, 1.82) is 0 Å². The van der Waals surface area contributed by atoms with Crippen LogP contribution in [0.15, 0.2) is 35.9 Å². The van der Waals surface area contributed by atoms with Gasteiger partial charge in [-0.2, -0.15) is 5.21 Å². The van der Waals surface area contributed by atoms with Crippen molar-refractivity contribution < 1.29 is 4.79 Å². The highest BCUT2D eigenvalue weighted by Crippen LogP contribution is 2.23. The van der Waals surface area contributed by atoms with E-state index in [2.05, 4.69) is 46.7 Å². The van der Waals surface area contributed by atoms with Crippen LogP contribution in [-0.4, -0.2) is 26.5 Å². The average Bonchev–Trinajstić information content (AvgIpc) is 2.99. The number of amides is 1. The van der Waals surface area contributed by atoms with E-state index in [1.54, 1.807) is 6.08 Å². The number of hydrogen-bond donors (Lipinski definition) is 2. The molecule has 0 saturated heterocycles. The normalized spacial score (nSPS) is 12.3. The first-order valence-corrected chi connectivity index (χ1v) is 7.15. The zero-order valence-electron chi connectivity index (χ0n) is 13.3. The van der Waals surface area contributed by atoms with Crippen molar-refractivity contribution in [2.45, 2.75) is 34.2 Å². The summed E-state index contributed by atoms with van der Waals surface area (Å²) in [4.78, 5) is 11.9. The van der Waals surface area contributed by atoms with Crippen molar-refractivity contribution in [3.63, 3.8) is 0 Å². The van der Waals surface area contributed by atoms with Gasteiger partial charge in [0.05, 0.1) is 0 Å². The van der Waals surface area contributed by atoms with Crippen LogP contribution in [0.25, 0.3) is 11.4 Å². The summed E-state index contributed by atoms with van der Waals surface area (Å²) in [6.07, 6.45) is 1.66. The number of benzene rings is 1. The largest absolute Gasteiger partial charge is 0.348 e. The lowest BCUT2D eigenvalue weighted by Crippen LogP contribution is -2.22. The quantitative estimate of drug-likeness (QED) is 0.850. The zero-order chi connectivity index (χ0) is 16.2. The van der Waals surface area contributed by atoms with Crippen LogP contribution in [0.1, 0.15) is 33.3 Å². The maximum absolute atomic E-state index is 11.9. The first-order valence-electron chi connectivity index (χ1n) is 7.15. The lowest BCUT2D eigenvalue weighted by Gasteiger charge is -2.19. The fraction of sp³-hybridized carbons (Fsp3) is 0.375. The Balaban J connectivity index is 1.94. The van der Waals surface area contributed by atoms with Gasteiger partial charge in [0.2, 0.25) is 11.7 Å². The van der Waals surface area contributed by atoms with Gasteiger partial charge in [-0.15, -0.1) is 10.2 Å². The van der Waals surface area contributed by atoms with Crippen LogP contribution in [0.3, 0.4) is 0 Å². The fourth-order valence-corrected chi connectivity index (χ4v) is 1.71. The van der Waals surface area contributed by atoms with E-state index >= 15 is 0 Å². The lowest BCUT2D eigenvalue weighted by molar-refractivity contribution is -0.116. The molecule has 6 nitrogen and oxygen atoms in total. The third kappa shape index (κ3) is 4.25. The second kappa shape index (κ2) is 6.51. The van der Waals surface area contributed by atoms with Crippen molar-refractivity contribution in [2.24, 2.45) is 5.41 Å². The minimum atomic E-state index is -0.0744. The highest BCUT2D eigenvalue weighted by Gasteiger charge is 2.13. The van der Waals surface area contributed by atoms with Crippen molar-refractivity contribution in [3.05, 3.63) is 41.5 Å². The van der Waals surface area contributed by atoms with Crippen LogP contribution in [0.5, 0.6) is 0 Å². The van der Waals surface area contributed by atoms with Crippen LogP contribution in [0.4, 0.5) is 0 Å². The van der Waals surface area contributed by atoms with Gasteiger partial charge in [0.15, 0.2) is 0 Å². The van der Waals surface area contributed by atoms with Crippen LogP contribution in [-0.2, 0) is 11.3 Å². The molecule has 0 unspecified atom stereocenters. The number of allylic oxidation sites excluding steroid dienone is 1. The van der Waals surface area contributed by atoms with E-state index in [1.807, 2.05) is 31.2 Å². The molecule has 1 heterocycles. The van der Waals surface area contributed by atoms with Crippen molar-refractivity contribution in [2.75, 3.05) is 0 Å². The van der Waals surface area contributed by atoms with Gasteiger partial charge in [0, 0.05) is 18.2 Å². The number of aromatic nitrogens is 4. The van der Waals surface area contributed by atoms with Gasteiger partial charge in [-0.3, -0.25) is 4.79 Å². The molecule has 6 heteroatoms. The van der Waals surface area contributed by atoms with Gasteiger partial charge in [0.25, 0.3) is 0 Å². The summed E-state index contributed by atoms with van der Waals surface area (Å²) in [6.45, 7) is 8.72. The second-order valence-corrected chi connectivity index (χ2v) is 6.23. The fourth-order valence-electron chi connectivity index (χ4n) is 1.71. The first kappa shape index (κ1) is 15.9. The number of nitrogens with zero attached hydrogens (tertiary/aromatic N) is 3. The third-order valence-corrected chi connectivity index (χ3v) is 3.55. The van der Waals surface area contributed by atoms with Gasteiger partial charge in [-0.25, -0.2) is 0 Å². The molecule has 2 aromatic rings. The summed E-state index contributed by atoms with van der Waals surface area (Å²) in [7, 11) is 0. The molecule has 2 N–H and O–H groups in total. The monoisotopic (exact) mass is 299 g/mol. The highest BCUT2D eigenvalue weighted by molar-refractivity contribution is 5.88. The Morgan fingerprint density at radius 1 is 1.27 bits per heavy atom. The second-order valence-electron chi connectivity index (χ2n) is 6.23. The molecule has 22 heavy (non-hydrogen) atoms. The Labute approximate surface area is 130 Å². The Bertz CT molecular complexity index is 651. The molecule has 1 amide bonds. The molecule has 0 saturated carbocycles. The zero-order valence-corrected chi connectivity index (χ0v) is 13.3. The summed E-state index contributed by atoms with van der Waals surface area (Å²) in [6, 6.07) is 7.68. The highest BCUT2D eigenvalue weighted by atomic mass is 16.1. The molecule has 1 aromatic carbocycles. The van der Waals surface area contributed by atoms with E-state index in [4.69, 9.17) is 0 Å². The van der Waals surface area contributed by atoms with Crippen molar-refractivity contribution >= 4 is 5.91 Å². The van der Waals surface area contributed by atoms with Crippen LogP contribution in [0, 0.1) is 5.41 Å². The maximum Gasteiger partial charge on any atom is 0.244 e. The predicted octanol–water partition coefficient (Wildman–Crippen LogP) is 2.48. The van der Waals surface area contributed by atoms with E-state index in [0.29, 0.717) is 12.4 Å². The average molecular weight is 299 g/mol. The first-order chi connectivity index (χ1) is 10.4. The number of tetrazole rings is 1. The molecular weight excluding hydrogens is 278 g/mol. The number of aromatic amines is 1. The Kier molecular flexibility index (Phi) is 4.70. The van der Waals surface area contributed by atoms with Crippen LogP contribution in [0.2, 0.25) is 0 Å². The number of hydrogen-bond acceptors (Lipinski definition) is 4. The van der Waals surface area contributed by atoms with E-state index < -0.39 is 0 Å². The number of rotatable bonds is 4. The predicted molar refractivity (Wildman–Crippen MR) is 84.7 cm³/mol. The maximum atomic E-state index is 11.9. The van der Waals surface area contributed by atoms with Gasteiger partial charge >= 0.3 is 0 Å². The lowest BCUT2D eigenvalue weighted by atomic mass is 9.87. The molecule has 0 spiro atoms. The summed E-state index contributed by atoms with van der Waals surface area (Å²) in [5.74, 6) is 0.481. The summed E-state index contributed by atoms with van der Waals surface area (Å²) < 4.78 is 0. The SMILES string of the molecule is CC(=CC(=O)NCc1ccc(-c2nn[nH]n2)cc1)C(C)(C)C. The smallest absolute Gasteiger partial charge is 0.244 e. The van der Waals surface area contributed by atoms with Crippen LogP contribution < -0.4 is 5.32 Å². The summed E-state index contributed by atoms with van der Waals surface area (Å²) >= 11 is 0. The standard InChI is InChI=1S/C16H21N5O/c1-11(16(2,3)4)9-14(22)17-10-12-5-7-13(8-6-12)15-18-20-21-19-15/h5-9H,10H2,1-4H3,(H,17,22)(H,18,19,20,21).